The zero-order valence-electron chi connectivity index (χ0n) is 8.78. The molecule has 1 aromatic heterocycles. The van der Waals surface area contributed by atoms with E-state index in [4.69, 9.17) is 11.6 Å². The highest BCUT2D eigenvalue weighted by molar-refractivity contribution is 6.30. The second-order valence-corrected chi connectivity index (χ2v) is 4.33. The summed E-state index contributed by atoms with van der Waals surface area (Å²) in [5.41, 5.74) is 2.35. The lowest BCUT2D eigenvalue weighted by Gasteiger charge is -2.17. The van der Waals surface area contributed by atoms with Crippen LogP contribution in [0, 0.1) is 0 Å². The summed E-state index contributed by atoms with van der Waals surface area (Å²) in [6.45, 7) is 2.84. The van der Waals surface area contributed by atoms with Gasteiger partial charge in [-0.25, -0.2) is 4.98 Å². The van der Waals surface area contributed by atoms with E-state index < -0.39 is 0 Å². The van der Waals surface area contributed by atoms with E-state index >= 15 is 0 Å². The lowest BCUT2D eigenvalue weighted by Crippen LogP contribution is -2.28. The van der Waals surface area contributed by atoms with E-state index in [0.717, 1.165) is 30.5 Å². The van der Waals surface area contributed by atoms with Crippen molar-refractivity contribution in [2.45, 2.75) is 13.1 Å². The number of fused-ring (bicyclic) bond motifs is 1. The third-order valence-electron chi connectivity index (χ3n) is 2.87. The highest BCUT2D eigenvalue weighted by atomic mass is 35.5. The number of hydrogen-bond donors (Lipinski definition) is 1. The summed E-state index contributed by atoms with van der Waals surface area (Å²) >= 11 is 5.88. The molecule has 0 radical (unpaired) electrons. The Hall–Kier alpha value is -1.32. The van der Waals surface area contributed by atoms with Crippen molar-refractivity contribution in [3.8, 4) is 11.3 Å². The van der Waals surface area contributed by atoms with Gasteiger partial charge in [0.2, 0.25) is 0 Å². The number of aromatic nitrogens is 2. The van der Waals surface area contributed by atoms with Crippen LogP contribution in [0.1, 0.15) is 5.82 Å². The predicted octanol–water partition coefficient (Wildman–Crippen LogP) is 2.31. The first-order chi connectivity index (χ1) is 7.84. The van der Waals surface area contributed by atoms with Crippen molar-refractivity contribution < 1.29 is 0 Å². The molecule has 0 spiro atoms. The molecule has 2 aromatic rings. The summed E-state index contributed by atoms with van der Waals surface area (Å²) in [6.07, 6.45) is 1.94. The third kappa shape index (κ3) is 1.62. The number of nitrogens with one attached hydrogen (secondary N) is 1. The van der Waals surface area contributed by atoms with Crippen LogP contribution in [0.2, 0.25) is 5.02 Å². The molecule has 1 N–H and O–H groups in total. The Kier molecular flexibility index (Phi) is 2.42. The third-order valence-corrected chi connectivity index (χ3v) is 3.13. The molecule has 0 atom stereocenters. The second-order valence-electron chi connectivity index (χ2n) is 3.89. The Balaban J connectivity index is 2.06. The van der Waals surface area contributed by atoms with Crippen molar-refractivity contribution in [3.05, 3.63) is 41.3 Å². The fraction of sp³-hybridized carbons (Fsp3) is 0.250. The molecule has 1 aliphatic rings. The van der Waals surface area contributed by atoms with Gasteiger partial charge in [0.25, 0.3) is 0 Å². The molecule has 1 aromatic carbocycles. The summed E-state index contributed by atoms with van der Waals surface area (Å²) in [5, 5.41) is 4.08. The van der Waals surface area contributed by atoms with Crippen LogP contribution in [0.25, 0.3) is 11.3 Å². The number of benzene rings is 1. The monoisotopic (exact) mass is 233 g/mol. The molecular formula is C12H12ClN3. The Morgan fingerprint density at radius 1 is 1.25 bits per heavy atom. The van der Waals surface area contributed by atoms with Gasteiger partial charge in [0.1, 0.15) is 5.82 Å². The van der Waals surface area contributed by atoms with E-state index in [1.165, 1.54) is 11.3 Å². The Morgan fingerprint density at radius 3 is 2.88 bits per heavy atom. The fourth-order valence-electron chi connectivity index (χ4n) is 2.05. The first-order valence-corrected chi connectivity index (χ1v) is 5.73. The van der Waals surface area contributed by atoms with E-state index in [9.17, 15) is 0 Å². The zero-order chi connectivity index (χ0) is 11.0. The largest absolute Gasteiger partial charge is 0.326 e. The molecule has 3 nitrogen and oxygen atoms in total. The van der Waals surface area contributed by atoms with Gasteiger partial charge in [0, 0.05) is 18.1 Å². The molecule has 0 bridgehead atoms. The Bertz CT molecular complexity index is 501. The van der Waals surface area contributed by atoms with Crippen LogP contribution >= 0.6 is 11.6 Å². The number of halogens is 1. The second kappa shape index (κ2) is 3.92. The van der Waals surface area contributed by atoms with Gasteiger partial charge in [0.15, 0.2) is 0 Å². The molecular weight excluding hydrogens is 222 g/mol. The average Bonchev–Trinajstić information content (AvgIpc) is 2.74. The van der Waals surface area contributed by atoms with Gasteiger partial charge in [-0.05, 0) is 17.7 Å². The minimum Gasteiger partial charge on any atom is -0.326 e. The van der Waals surface area contributed by atoms with Crippen molar-refractivity contribution in [3.63, 3.8) is 0 Å². The lowest BCUT2D eigenvalue weighted by atomic mass is 10.1. The first-order valence-electron chi connectivity index (χ1n) is 5.35. The SMILES string of the molecule is Clc1ccc(-c2cnc3n2CCNC3)cc1. The van der Waals surface area contributed by atoms with Crippen LogP contribution in [0.4, 0.5) is 0 Å². The summed E-state index contributed by atoms with van der Waals surface area (Å²) in [6, 6.07) is 7.90. The molecule has 0 fully saturated rings. The van der Waals surface area contributed by atoms with E-state index in [-0.39, 0.29) is 0 Å². The quantitative estimate of drug-likeness (QED) is 0.819. The molecule has 2 heterocycles. The van der Waals surface area contributed by atoms with Crippen LogP contribution in [-0.2, 0) is 13.1 Å². The molecule has 3 rings (SSSR count). The Morgan fingerprint density at radius 2 is 2.06 bits per heavy atom. The van der Waals surface area contributed by atoms with Crippen LogP contribution in [0.5, 0.6) is 0 Å². The van der Waals surface area contributed by atoms with Gasteiger partial charge in [0.05, 0.1) is 18.4 Å². The lowest BCUT2D eigenvalue weighted by molar-refractivity contribution is 0.508. The number of imidazole rings is 1. The number of hydrogen-bond acceptors (Lipinski definition) is 2. The van der Waals surface area contributed by atoms with E-state index in [1.807, 2.05) is 30.5 Å². The maximum absolute atomic E-state index is 5.88. The average molecular weight is 234 g/mol. The minimum atomic E-state index is 0.767. The van der Waals surface area contributed by atoms with Crippen molar-refractivity contribution in [2.24, 2.45) is 0 Å². The number of nitrogens with zero attached hydrogens (tertiary/aromatic N) is 2. The molecule has 16 heavy (non-hydrogen) atoms. The summed E-state index contributed by atoms with van der Waals surface area (Å²) < 4.78 is 2.26. The molecule has 0 saturated heterocycles. The van der Waals surface area contributed by atoms with E-state index in [1.54, 1.807) is 0 Å². The van der Waals surface area contributed by atoms with Crippen molar-refractivity contribution >= 4 is 11.6 Å². The first kappa shape index (κ1) is 9.87. The van der Waals surface area contributed by atoms with Crippen LogP contribution in [0.3, 0.4) is 0 Å². The summed E-state index contributed by atoms with van der Waals surface area (Å²) in [7, 11) is 0. The van der Waals surface area contributed by atoms with E-state index in [0.29, 0.717) is 0 Å². The molecule has 0 unspecified atom stereocenters. The van der Waals surface area contributed by atoms with Gasteiger partial charge in [-0.1, -0.05) is 23.7 Å². The molecule has 0 amide bonds. The normalized spacial score (nSPS) is 14.8. The predicted molar refractivity (Wildman–Crippen MR) is 64.4 cm³/mol. The van der Waals surface area contributed by atoms with Crippen LogP contribution in [-0.4, -0.2) is 16.1 Å². The van der Waals surface area contributed by atoms with Crippen molar-refractivity contribution in [2.75, 3.05) is 6.54 Å². The van der Waals surface area contributed by atoms with Gasteiger partial charge in [-0.3, -0.25) is 0 Å². The number of rotatable bonds is 1. The molecule has 1 aliphatic heterocycles. The smallest absolute Gasteiger partial charge is 0.123 e. The van der Waals surface area contributed by atoms with Crippen molar-refractivity contribution in [1.29, 1.82) is 0 Å². The highest BCUT2D eigenvalue weighted by Gasteiger charge is 2.14. The van der Waals surface area contributed by atoms with Crippen LogP contribution < -0.4 is 5.32 Å². The summed E-state index contributed by atoms with van der Waals surface area (Å²) in [5.74, 6) is 1.11. The minimum absolute atomic E-state index is 0.767. The highest BCUT2D eigenvalue weighted by Crippen LogP contribution is 2.23. The zero-order valence-corrected chi connectivity index (χ0v) is 9.54. The summed E-state index contributed by atoms with van der Waals surface area (Å²) in [4.78, 5) is 4.42. The van der Waals surface area contributed by atoms with Gasteiger partial charge < -0.3 is 9.88 Å². The molecule has 0 saturated carbocycles. The molecule has 82 valence electrons. The van der Waals surface area contributed by atoms with Crippen LogP contribution in [0.15, 0.2) is 30.5 Å². The van der Waals surface area contributed by atoms with Gasteiger partial charge in [-0.2, -0.15) is 0 Å². The van der Waals surface area contributed by atoms with E-state index in [2.05, 4.69) is 14.9 Å². The topological polar surface area (TPSA) is 29.9 Å². The molecule has 4 heteroatoms. The standard InChI is InChI=1S/C12H12ClN3/c13-10-3-1-9(2-4-10)11-7-15-12-8-14-5-6-16(11)12/h1-4,7,14H,5-6,8H2. The van der Waals surface area contributed by atoms with Crippen molar-refractivity contribution in [1.82, 2.24) is 14.9 Å². The Labute approximate surface area is 99.1 Å². The van der Waals surface area contributed by atoms with Gasteiger partial charge in [-0.15, -0.1) is 0 Å². The fourth-order valence-corrected chi connectivity index (χ4v) is 2.17. The molecule has 0 aliphatic carbocycles. The maximum Gasteiger partial charge on any atom is 0.123 e. The maximum atomic E-state index is 5.88. The van der Waals surface area contributed by atoms with Gasteiger partial charge >= 0.3 is 0 Å².